The molecular formula is C16H26N2O. The van der Waals surface area contributed by atoms with Gasteiger partial charge in [0.05, 0.1) is 0 Å². The van der Waals surface area contributed by atoms with Crippen molar-refractivity contribution in [3.63, 3.8) is 0 Å². The van der Waals surface area contributed by atoms with Crippen molar-refractivity contribution in [2.75, 3.05) is 13.6 Å². The van der Waals surface area contributed by atoms with Gasteiger partial charge in [-0.05, 0) is 37.9 Å². The summed E-state index contributed by atoms with van der Waals surface area (Å²) in [5.41, 5.74) is 1.04. The van der Waals surface area contributed by atoms with Crippen molar-refractivity contribution in [1.29, 1.82) is 0 Å². The standard InChI is InChI=1S/C16H26N2O/c1-12-8-10-18(15(19)16(2,3)4)11-13(12)14-7-6-9-17(14)5/h8,10-12,14H,6-7,9H2,1-5H3/t12-,14-/m0/s1. The number of carbonyl (C=O) groups excluding carboxylic acids is 1. The zero-order valence-corrected chi connectivity index (χ0v) is 12.8. The van der Waals surface area contributed by atoms with Gasteiger partial charge in [-0.25, -0.2) is 0 Å². The lowest BCUT2D eigenvalue weighted by Gasteiger charge is -2.33. The van der Waals surface area contributed by atoms with Crippen LogP contribution >= 0.6 is 0 Å². The highest BCUT2D eigenvalue weighted by Crippen LogP contribution is 2.31. The molecule has 3 heteroatoms. The number of nitrogens with zero attached hydrogens (tertiary/aromatic N) is 2. The minimum absolute atomic E-state index is 0.161. The fourth-order valence-corrected chi connectivity index (χ4v) is 2.89. The Balaban J connectivity index is 2.22. The van der Waals surface area contributed by atoms with Gasteiger partial charge in [-0.1, -0.05) is 33.8 Å². The molecule has 3 nitrogen and oxygen atoms in total. The summed E-state index contributed by atoms with van der Waals surface area (Å²) in [5.74, 6) is 0.586. The van der Waals surface area contributed by atoms with Crippen molar-refractivity contribution in [3.8, 4) is 0 Å². The summed E-state index contributed by atoms with van der Waals surface area (Å²) >= 11 is 0. The summed E-state index contributed by atoms with van der Waals surface area (Å²) in [7, 11) is 2.18. The van der Waals surface area contributed by atoms with Gasteiger partial charge in [0, 0.05) is 23.9 Å². The Morgan fingerprint density at radius 2 is 2.05 bits per heavy atom. The molecule has 2 aliphatic heterocycles. The van der Waals surface area contributed by atoms with Crippen LogP contribution in [-0.2, 0) is 4.79 Å². The van der Waals surface area contributed by atoms with Gasteiger partial charge in [0.25, 0.3) is 0 Å². The molecule has 106 valence electrons. The topological polar surface area (TPSA) is 23.6 Å². The molecule has 1 saturated heterocycles. The smallest absolute Gasteiger partial charge is 0.235 e. The minimum Gasteiger partial charge on any atom is -0.300 e. The summed E-state index contributed by atoms with van der Waals surface area (Å²) in [6, 6.07) is 0.496. The van der Waals surface area contributed by atoms with Crippen molar-refractivity contribution in [3.05, 3.63) is 24.0 Å². The molecule has 0 saturated carbocycles. The van der Waals surface area contributed by atoms with Gasteiger partial charge in [0.1, 0.15) is 0 Å². The number of allylic oxidation sites excluding steroid dienone is 1. The van der Waals surface area contributed by atoms with Gasteiger partial charge >= 0.3 is 0 Å². The highest BCUT2D eigenvalue weighted by molar-refractivity contribution is 5.83. The average molecular weight is 262 g/mol. The van der Waals surface area contributed by atoms with E-state index in [1.165, 1.54) is 18.4 Å². The van der Waals surface area contributed by atoms with E-state index >= 15 is 0 Å². The van der Waals surface area contributed by atoms with Gasteiger partial charge in [-0.15, -0.1) is 0 Å². The second-order valence-electron chi connectivity index (χ2n) is 6.86. The molecule has 0 aromatic carbocycles. The minimum atomic E-state index is -0.339. The van der Waals surface area contributed by atoms with Crippen molar-refractivity contribution in [1.82, 2.24) is 9.80 Å². The Hall–Kier alpha value is -1.09. The number of hydrogen-bond donors (Lipinski definition) is 0. The van der Waals surface area contributed by atoms with E-state index in [-0.39, 0.29) is 11.3 Å². The number of carbonyl (C=O) groups is 1. The molecule has 2 heterocycles. The fraction of sp³-hybridized carbons (Fsp3) is 0.688. The van der Waals surface area contributed by atoms with Crippen molar-refractivity contribution in [2.24, 2.45) is 11.3 Å². The SMILES string of the molecule is C[C@H]1C=CN(C(=O)C(C)(C)C)C=C1[C@@H]1CCCN1C. The average Bonchev–Trinajstić information content (AvgIpc) is 2.74. The van der Waals surface area contributed by atoms with Crippen LogP contribution in [0.15, 0.2) is 24.0 Å². The number of likely N-dealkylation sites (N-methyl/N-ethyl adjacent to an activating group) is 1. The lowest BCUT2D eigenvalue weighted by Crippen LogP contribution is -2.37. The van der Waals surface area contributed by atoms with E-state index in [2.05, 4.69) is 31.1 Å². The van der Waals surface area contributed by atoms with Gasteiger partial charge in [-0.2, -0.15) is 0 Å². The van der Waals surface area contributed by atoms with Crippen LogP contribution in [0.3, 0.4) is 0 Å². The Morgan fingerprint density at radius 1 is 1.37 bits per heavy atom. The van der Waals surface area contributed by atoms with E-state index in [4.69, 9.17) is 0 Å². The fourth-order valence-electron chi connectivity index (χ4n) is 2.89. The molecule has 2 atom stereocenters. The van der Waals surface area contributed by atoms with Crippen molar-refractivity contribution < 1.29 is 4.79 Å². The van der Waals surface area contributed by atoms with Crippen LogP contribution in [0, 0.1) is 11.3 Å². The molecule has 0 aromatic rings. The molecule has 0 bridgehead atoms. The van der Waals surface area contributed by atoms with Gasteiger partial charge in [-0.3, -0.25) is 14.6 Å². The van der Waals surface area contributed by atoms with Crippen LogP contribution < -0.4 is 0 Å². The summed E-state index contributed by atoms with van der Waals surface area (Å²) < 4.78 is 0. The van der Waals surface area contributed by atoms with Crippen LogP contribution in [0.4, 0.5) is 0 Å². The van der Waals surface area contributed by atoms with E-state index in [1.807, 2.05) is 27.0 Å². The molecule has 1 fully saturated rings. The molecular weight excluding hydrogens is 236 g/mol. The van der Waals surface area contributed by atoms with Gasteiger partial charge in [0.2, 0.25) is 5.91 Å². The number of hydrogen-bond acceptors (Lipinski definition) is 2. The molecule has 19 heavy (non-hydrogen) atoms. The summed E-state index contributed by atoms with van der Waals surface area (Å²) in [6.07, 6.45) is 8.60. The highest BCUT2D eigenvalue weighted by Gasteiger charge is 2.32. The maximum Gasteiger partial charge on any atom is 0.235 e. The Labute approximate surface area is 117 Å². The van der Waals surface area contributed by atoms with Crippen LogP contribution in [0.1, 0.15) is 40.5 Å². The summed E-state index contributed by atoms with van der Waals surface area (Å²) in [6.45, 7) is 9.28. The van der Waals surface area contributed by atoms with Crippen LogP contribution in [0.2, 0.25) is 0 Å². The molecule has 0 spiro atoms. The van der Waals surface area contributed by atoms with E-state index in [1.54, 1.807) is 4.90 Å². The summed E-state index contributed by atoms with van der Waals surface area (Å²) in [4.78, 5) is 16.6. The van der Waals surface area contributed by atoms with E-state index in [0.29, 0.717) is 12.0 Å². The number of rotatable bonds is 1. The first-order valence-electron chi connectivity index (χ1n) is 7.23. The largest absolute Gasteiger partial charge is 0.300 e. The number of likely N-dealkylation sites (tertiary alicyclic amines) is 1. The Bertz CT molecular complexity index is 417. The molecule has 1 amide bonds. The lowest BCUT2D eigenvalue weighted by molar-refractivity contribution is -0.134. The van der Waals surface area contributed by atoms with E-state index in [9.17, 15) is 4.79 Å². The third-order valence-corrected chi connectivity index (χ3v) is 4.13. The van der Waals surface area contributed by atoms with Crippen molar-refractivity contribution in [2.45, 2.75) is 46.6 Å². The van der Waals surface area contributed by atoms with Crippen molar-refractivity contribution >= 4 is 5.91 Å². The molecule has 0 N–H and O–H groups in total. The molecule has 0 aromatic heterocycles. The van der Waals surface area contributed by atoms with E-state index in [0.717, 1.165) is 6.54 Å². The maximum atomic E-state index is 12.4. The molecule has 0 unspecified atom stereocenters. The Kier molecular flexibility index (Phi) is 3.86. The highest BCUT2D eigenvalue weighted by atomic mass is 16.2. The predicted molar refractivity (Wildman–Crippen MR) is 78.3 cm³/mol. The Morgan fingerprint density at radius 3 is 2.58 bits per heavy atom. The normalized spacial score (nSPS) is 28.7. The lowest BCUT2D eigenvalue weighted by atomic mass is 9.90. The van der Waals surface area contributed by atoms with Gasteiger partial charge in [0.15, 0.2) is 0 Å². The molecule has 0 radical (unpaired) electrons. The molecule has 2 rings (SSSR count). The van der Waals surface area contributed by atoms with Gasteiger partial charge < -0.3 is 0 Å². The van der Waals surface area contributed by atoms with E-state index < -0.39 is 0 Å². The quantitative estimate of drug-likeness (QED) is 0.725. The molecule has 2 aliphatic rings. The second kappa shape index (κ2) is 5.12. The maximum absolute atomic E-state index is 12.4. The first-order chi connectivity index (χ1) is 8.80. The first kappa shape index (κ1) is 14.3. The first-order valence-corrected chi connectivity index (χ1v) is 7.23. The van der Waals surface area contributed by atoms with Crippen LogP contribution in [0.25, 0.3) is 0 Å². The third kappa shape index (κ3) is 2.92. The zero-order chi connectivity index (χ0) is 14.2. The molecule has 0 aliphatic carbocycles. The zero-order valence-electron chi connectivity index (χ0n) is 12.8. The summed E-state index contributed by atoms with van der Waals surface area (Å²) in [5, 5.41) is 0. The predicted octanol–water partition coefficient (Wildman–Crippen LogP) is 3.00. The second-order valence-corrected chi connectivity index (χ2v) is 6.86. The monoisotopic (exact) mass is 262 g/mol. The van der Waals surface area contributed by atoms with Crippen LogP contribution in [0.5, 0.6) is 0 Å². The van der Waals surface area contributed by atoms with Crippen LogP contribution in [-0.4, -0.2) is 35.3 Å². The third-order valence-electron chi connectivity index (χ3n) is 4.13. The number of amides is 1.